The van der Waals surface area contributed by atoms with E-state index in [1.165, 1.54) is 60.0 Å². The topological polar surface area (TPSA) is 30.7 Å². The molecule has 0 N–H and O–H groups in total. The Hall–Kier alpha value is -7.36. The Morgan fingerprint density at radius 3 is 1.42 bits per heavy atom. The Kier molecular flexibility index (Phi) is 7.17. The Labute approximate surface area is 318 Å². The Morgan fingerprint density at radius 1 is 0.309 bits per heavy atom. The fraction of sp³-hybridized carbons (Fsp3) is 0. The lowest BCUT2D eigenvalue weighted by Gasteiger charge is -2.14. The summed E-state index contributed by atoms with van der Waals surface area (Å²) in [6, 6.07) is 71.4. The number of hydrogen-bond acceptors (Lipinski definition) is 2. The first-order chi connectivity index (χ1) is 27.3. The van der Waals surface area contributed by atoms with Gasteiger partial charge in [-0.05, 0) is 86.3 Å². The number of hydrogen-bond donors (Lipinski definition) is 0. The van der Waals surface area contributed by atoms with Crippen LogP contribution in [0.5, 0.6) is 0 Å². The maximum atomic E-state index is 5.30. The van der Waals surface area contributed by atoms with Crippen LogP contribution in [0.25, 0.3) is 105 Å². The number of para-hydroxylation sites is 2. The summed E-state index contributed by atoms with van der Waals surface area (Å²) < 4.78 is 2.42. The first-order valence-electron chi connectivity index (χ1n) is 18.7. The second-order valence-electron chi connectivity index (χ2n) is 14.2. The molecule has 256 valence electrons. The predicted molar refractivity (Wildman–Crippen MR) is 231 cm³/mol. The lowest BCUT2D eigenvalue weighted by molar-refractivity contribution is 1.18. The van der Waals surface area contributed by atoms with E-state index in [-0.39, 0.29) is 0 Å². The van der Waals surface area contributed by atoms with Gasteiger partial charge in [0.25, 0.3) is 0 Å². The summed E-state index contributed by atoms with van der Waals surface area (Å²) in [5.74, 6) is 0. The van der Waals surface area contributed by atoms with Gasteiger partial charge in [0, 0.05) is 27.6 Å². The molecule has 0 amide bonds. The molecule has 3 heteroatoms. The largest absolute Gasteiger partial charge is 0.309 e. The summed E-state index contributed by atoms with van der Waals surface area (Å²) >= 11 is 0. The van der Waals surface area contributed by atoms with Crippen LogP contribution in [0, 0.1) is 0 Å². The molecular weight excluding hydrogens is 667 g/mol. The third-order valence-electron chi connectivity index (χ3n) is 11.0. The summed E-state index contributed by atoms with van der Waals surface area (Å²) in [7, 11) is 0. The van der Waals surface area contributed by atoms with Crippen LogP contribution in [0.1, 0.15) is 0 Å². The maximum absolute atomic E-state index is 5.30. The summed E-state index contributed by atoms with van der Waals surface area (Å²) in [6.07, 6.45) is 0. The summed E-state index contributed by atoms with van der Waals surface area (Å²) in [5.41, 5.74) is 13.7. The van der Waals surface area contributed by atoms with Crippen molar-refractivity contribution in [1.82, 2.24) is 14.5 Å². The average Bonchev–Trinajstić information content (AvgIpc) is 3.62. The van der Waals surface area contributed by atoms with Crippen molar-refractivity contribution in [2.45, 2.75) is 0 Å². The number of nitrogens with zero attached hydrogens (tertiary/aromatic N) is 3. The molecule has 0 saturated heterocycles. The first kappa shape index (κ1) is 31.2. The molecule has 0 atom stereocenters. The molecule has 11 rings (SSSR count). The number of rotatable bonds is 5. The normalized spacial score (nSPS) is 11.6. The Bertz CT molecular complexity index is 3160. The molecule has 9 aromatic carbocycles. The van der Waals surface area contributed by atoms with Gasteiger partial charge in [0.05, 0.1) is 33.5 Å². The number of benzene rings is 9. The fourth-order valence-electron chi connectivity index (χ4n) is 8.35. The maximum Gasteiger partial charge on any atom is 0.0973 e. The molecule has 11 aromatic rings. The van der Waals surface area contributed by atoms with E-state index in [0.29, 0.717) is 0 Å². The van der Waals surface area contributed by atoms with Crippen molar-refractivity contribution in [2.75, 3.05) is 0 Å². The van der Waals surface area contributed by atoms with E-state index in [9.17, 15) is 0 Å². The minimum atomic E-state index is 0.857. The molecule has 0 bridgehead atoms. The van der Waals surface area contributed by atoms with Gasteiger partial charge in [0.2, 0.25) is 0 Å². The van der Waals surface area contributed by atoms with Gasteiger partial charge in [0.1, 0.15) is 0 Å². The predicted octanol–water partition coefficient (Wildman–Crippen LogP) is 13.7. The van der Waals surface area contributed by atoms with E-state index in [2.05, 4.69) is 180 Å². The zero-order chi connectivity index (χ0) is 36.3. The molecule has 3 nitrogen and oxygen atoms in total. The van der Waals surface area contributed by atoms with E-state index >= 15 is 0 Å². The van der Waals surface area contributed by atoms with Crippen molar-refractivity contribution in [3.8, 4) is 50.5 Å². The zero-order valence-electron chi connectivity index (χ0n) is 29.9. The molecule has 2 heterocycles. The molecule has 0 saturated carbocycles. The monoisotopic (exact) mass is 699 g/mol. The van der Waals surface area contributed by atoms with Crippen LogP contribution in [0.4, 0.5) is 0 Å². The average molecular weight is 700 g/mol. The van der Waals surface area contributed by atoms with E-state index in [1.807, 2.05) is 24.3 Å². The van der Waals surface area contributed by atoms with Crippen molar-refractivity contribution in [3.05, 3.63) is 200 Å². The molecule has 0 radical (unpaired) electrons. The van der Waals surface area contributed by atoms with Gasteiger partial charge in [-0.15, -0.1) is 0 Å². The highest BCUT2D eigenvalue weighted by Gasteiger charge is 2.19. The summed E-state index contributed by atoms with van der Waals surface area (Å²) in [4.78, 5) is 10.6. The Morgan fingerprint density at radius 2 is 0.782 bits per heavy atom. The number of aromatic nitrogens is 3. The molecule has 2 aromatic heterocycles. The lowest BCUT2D eigenvalue weighted by Crippen LogP contribution is -1.98. The van der Waals surface area contributed by atoms with Crippen molar-refractivity contribution < 1.29 is 0 Å². The third kappa shape index (κ3) is 5.20. The van der Waals surface area contributed by atoms with Crippen LogP contribution >= 0.6 is 0 Å². The molecule has 0 spiro atoms. The standard InChI is InChI=1S/C52H33N3/c1-2-12-34(13-3-1)39-16-10-17-40(32-39)35-24-26-38(27-25-35)51-52(54-46-23-9-8-22-45(46)53-51)41-18-11-19-42(33-41)55-47-30-28-36-14-4-6-20-43(36)49(47)50-44-21-7-5-15-37(44)29-31-48(50)55/h1-33H. The third-order valence-corrected chi connectivity index (χ3v) is 11.0. The minimum absolute atomic E-state index is 0.857. The molecule has 55 heavy (non-hydrogen) atoms. The van der Waals surface area contributed by atoms with Gasteiger partial charge in [-0.25, -0.2) is 9.97 Å². The highest BCUT2D eigenvalue weighted by atomic mass is 15.0. The van der Waals surface area contributed by atoms with Crippen LogP contribution in [-0.2, 0) is 0 Å². The fourth-order valence-corrected chi connectivity index (χ4v) is 8.35. The van der Waals surface area contributed by atoms with E-state index in [1.54, 1.807) is 0 Å². The quantitative estimate of drug-likeness (QED) is 0.179. The van der Waals surface area contributed by atoms with Gasteiger partial charge < -0.3 is 4.57 Å². The van der Waals surface area contributed by atoms with E-state index in [0.717, 1.165) is 44.8 Å². The lowest BCUT2D eigenvalue weighted by atomic mass is 9.97. The minimum Gasteiger partial charge on any atom is -0.309 e. The van der Waals surface area contributed by atoms with Gasteiger partial charge in [-0.1, -0.05) is 158 Å². The smallest absolute Gasteiger partial charge is 0.0973 e. The van der Waals surface area contributed by atoms with Crippen LogP contribution in [0.3, 0.4) is 0 Å². The second-order valence-corrected chi connectivity index (χ2v) is 14.2. The van der Waals surface area contributed by atoms with Crippen LogP contribution in [0.15, 0.2) is 200 Å². The van der Waals surface area contributed by atoms with E-state index < -0.39 is 0 Å². The van der Waals surface area contributed by atoms with Crippen LogP contribution in [-0.4, -0.2) is 14.5 Å². The molecule has 0 aliphatic carbocycles. The van der Waals surface area contributed by atoms with Gasteiger partial charge in [-0.2, -0.15) is 0 Å². The van der Waals surface area contributed by atoms with Crippen molar-refractivity contribution in [1.29, 1.82) is 0 Å². The number of fused-ring (bicyclic) bond motifs is 8. The summed E-state index contributed by atoms with van der Waals surface area (Å²) in [6.45, 7) is 0. The molecule has 0 fully saturated rings. The zero-order valence-corrected chi connectivity index (χ0v) is 29.9. The first-order valence-corrected chi connectivity index (χ1v) is 18.7. The highest BCUT2D eigenvalue weighted by Crippen LogP contribution is 2.41. The van der Waals surface area contributed by atoms with Gasteiger partial charge in [-0.3, -0.25) is 0 Å². The molecule has 0 unspecified atom stereocenters. The van der Waals surface area contributed by atoms with Crippen molar-refractivity contribution in [3.63, 3.8) is 0 Å². The molecule has 0 aliphatic heterocycles. The molecule has 0 aliphatic rings. The highest BCUT2D eigenvalue weighted by molar-refractivity contribution is 6.28. The Balaban J connectivity index is 1.08. The SMILES string of the molecule is c1ccc(-c2cccc(-c3ccc(-c4nc5ccccc5nc4-c4cccc(-n5c6ccc7ccccc7c6c6c7ccccc7ccc65)c4)cc3)c2)cc1. The van der Waals surface area contributed by atoms with Gasteiger partial charge in [0.15, 0.2) is 0 Å². The molecular formula is C52H33N3. The van der Waals surface area contributed by atoms with Gasteiger partial charge >= 0.3 is 0 Å². The van der Waals surface area contributed by atoms with Crippen molar-refractivity contribution in [2.24, 2.45) is 0 Å². The van der Waals surface area contributed by atoms with Crippen molar-refractivity contribution >= 4 is 54.4 Å². The van der Waals surface area contributed by atoms with Crippen LogP contribution in [0.2, 0.25) is 0 Å². The summed E-state index contributed by atoms with van der Waals surface area (Å²) in [5, 5.41) is 7.54. The second kappa shape index (κ2) is 12.6. The van der Waals surface area contributed by atoms with Crippen LogP contribution < -0.4 is 0 Å². The van der Waals surface area contributed by atoms with E-state index in [4.69, 9.17) is 9.97 Å².